The second-order valence-electron chi connectivity index (χ2n) is 5.32. The Balaban J connectivity index is 1.63. The van der Waals surface area contributed by atoms with E-state index in [9.17, 15) is 18.7 Å². The first kappa shape index (κ1) is 15.4. The van der Waals surface area contributed by atoms with Gasteiger partial charge < -0.3 is 15.2 Å². The van der Waals surface area contributed by atoms with Gasteiger partial charge in [-0.3, -0.25) is 4.79 Å². The van der Waals surface area contributed by atoms with E-state index in [1.807, 2.05) is 6.07 Å². The highest BCUT2D eigenvalue weighted by Crippen LogP contribution is 2.28. The summed E-state index contributed by atoms with van der Waals surface area (Å²) in [6.07, 6.45) is -0.105. The number of aliphatic hydroxyl groups is 1. The van der Waals surface area contributed by atoms with Crippen molar-refractivity contribution in [3.63, 3.8) is 0 Å². The molecule has 0 saturated heterocycles. The van der Waals surface area contributed by atoms with Crippen LogP contribution in [0.4, 0.5) is 8.78 Å². The van der Waals surface area contributed by atoms with E-state index in [2.05, 4.69) is 5.32 Å². The third-order valence-electron chi connectivity index (χ3n) is 3.74. The predicted octanol–water partition coefficient (Wildman–Crippen LogP) is 2.36. The minimum Gasteiger partial charge on any atom is -0.493 e. The maximum Gasteiger partial charge on any atom is 0.251 e. The van der Waals surface area contributed by atoms with Gasteiger partial charge in [-0.2, -0.15) is 0 Å². The lowest BCUT2D eigenvalue weighted by Crippen LogP contribution is -2.28. The minimum absolute atomic E-state index is 0.00143. The Labute approximate surface area is 131 Å². The summed E-state index contributed by atoms with van der Waals surface area (Å²) in [5.41, 5.74) is 1.69. The third-order valence-corrected chi connectivity index (χ3v) is 3.74. The van der Waals surface area contributed by atoms with Crippen molar-refractivity contribution in [1.82, 2.24) is 5.32 Å². The van der Waals surface area contributed by atoms with Crippen LogP contribution in [0.1, 0.15) is 27.6 Å². The van der Waals surface area contributed by atoms with Crippen molar-refractivity contribution in [2.45, 2.75) is 12.5 Å². The first-order valence-electron chi connectivity index (χ1n) is 7.21. The van der Waals surface area contributed by atoms with Crippen LogP contribution in [0.5, 0.6) is 5.75 Å². The molecule has 1 heterocycles. The van der Waals surface area contributed by atoms with Crippen LogP contribution >= 0.6 is 0 Å². The first-order chi connectivity index (χ1) is 11.0. The van der Waals surface area contributed by atoms with E-state index in [-0.39, 0.29) is 12.1 Å². The zero-order valence-corrected chi connectivity index (χ0v) is 12.2. The Morgan fingerprint density at radius 1 is 1.22 bits per heavy atom. The number of halogens is 2. The van der Waals surface area contributed by atoms with Crippen molar-refractivity contribution in [2.24, 2.45) is 0 Å². The molecule has 23 heavy (non-hydrogen) atoms. The number of ether oxygens (including phenoxy) is 1. The van der Waals surface area contributed by atoms with E-state index in [1.165, 1.54) is 6.07 Å². The molecule has 2 aromatic carbocycles. The molecule has 2 N–H and O–H groups in total. The number of rotatable bonds is 4. The molecule has 0 bridgehead atoms. The van der Waals surface area contributed by atoms with E-state index >= 15 is 0 Å². The Morgan fingerprint density at radius 3 is 2.83 bits per heavy atom. The number of hydrogen-bond acceptors (Lipinski definition) is 3. The second-order valence-corrected chi connectivity index (χ2v) is 5.32. The number of carbonyl (C=O) groups excluding carboxylic acids is 1. The third kappa shape index (κ3) is 3.32. The molecule has 0 saturated carbocycles. The highest BCUT2D eigenvalue weighted by Gasteiger charge is 2.17. The number of carbonyl (C=O) groups is 1. The molecule has 1 aliphatic heterocycles. The monoisotopic (exact) mass is 319 g/mol. The zero-order chi connectivity index (χ0) is 16.4. The van der Waals surface area contributed by atoms with Gasteiger partial charge in [-0.05, 0) is 41.5 Å². The molecule has 3 rings (SSSR count). The SMILES string of the molecule is O=C(NCC(O)c1ccc2c(c1)CCO2)c1ccc(F)c(F)c1. The summed E-state index contributed by atoms with van der Waals surface area (Å²) in [5.74, 6) is -1.86. The summed E-state index contributed by atoms with van der Waals surface area (Å²) in [6, 6.07) is 8.27. The van der Waals surface area contributed by atoms with E-state index in [0.29, 0.717) is 12.2 Å². The molecule has 4 nitrogen and oxygen atoms in total. The Hall–Kier alpha value is -2.47. The van der Waals surface area contributed by atoms with Crippen LogP contribution in [0.25, 0.3) is 0 Å². The van der Waals surface area contributed by atoms with Crippen LogP contribution in [0.3, 0.4) is 0 Å². The molecule has 1 amide bonds. The molecule has 6 heteroatoms. The van der Waals surface area contributed by atoms with Gasteiger partial charge in [0.25, 0.3) is 5.91 Å². The molecule has 1 atom stereocenters. The average molecular weight is 319 g/mol. The van der Waals surface area contributed by atoms with Gasteiger partial charge in [-0.1, -0.05) is 6.07 Å². The second kappa shape index (κ2) is 6.34. The van der Waals surface area contributed by atoms with Crippen LogP contribution in [0, 0.1) is 11.6 Å². The maximum atomic E-state index is 13.1. The normalized spacial score (nSPS) is 14.0. The Bertz CT molecular complexity index is 749. The summed E-state index contributed by atoms with van der Waals surface area (Å²) >= 11 is 0. The topological polar surface area (TPSA) is 58.6 Å². The summed E-state index contributed by atoms with van der Waals surface area (Å²) in [5, 5.41) is 12.7. The molecule has 0 aromatic heterocycles. The fraction of sp³-hybridized carbons (Fsp3) is 0.235. The van der Waals surface area contributed by atoms with Crippen molar-refractivity contribution in [3.8, 4) is 5.75 Å². The fourth-order valence-electron chi connectivity index (χ4n) is 2.46. The lowest BCUT2D eigenvalue weighted by molar-refractivity contribution is 0.0915. The first-order valence-corrected chi connectivity index (χ1v) is 7.21. The molecule has 2 aromatic rings. The highest BCUT2D eigenvalue weighted by atomic mass is 19.2. The summed E-state index contributed by atoms with van der Waals surface area (Å²) in [7, 11) is 0. The van der Waals surface area contributed by atoms with E-state index in [4.69, 9.17) is 4.74 Å². The standard InChI is InChI=1S/C17H15F2NO3/c18-13-3-1-12(8-14(13)19)17(22)20-9-15(21)10-2-4-16-11(7-10)5-6-23-16/h1-4,7-8,15,21H,5-6,9H2,(H,20,22). The van der Waals surface area contributed by atoms with Gasteiger partial charge >= 0.3 is 0 Å². The molecule has 0 fully saturated rings. The van der Waals surface area contributed by atoms with Gasteiger partial charge in [0.1, 0.15) is 5.75 Å². The van der Waals surface area contributed by atoms with Crippen LogP contribution in [0.15, 0.2) is 36.4 Å². The molecule has 120 valence electrons. The zero-order valence-electron chi connectivity index (χ0n) is 12.2. The van der Waals surface area contributed by atoms with Gasteiger partial charge in [0, 0.05) is 18.5 Å². The van der Waals surface area contributed by atoms with Crippen LogP contribution in [-0.2, 0) is 6.42 Å². The average Bonchev–Trinajstić information content (AvgIpc) is 3.02. The quantitative estimate of drug-likeness (QED) is 0.909. The molecule has 0 radical (unpaired) electrons. The molecular formula is C17H15F2NO3. The lowest BCUT2D eigenvalue weighted by atomic mass is 10.0. The lowest BCUT2D eigenvalue weighted by Gasteiger charge is -2.13. The summed E-state index contributed by atoms with van der Waals surface area (Å²) in [4.78, 5) is 11.9. The summed E-state index contributed by atoms with van der Waals surface area (Å²) < 4.78 is 31.4. The molecule has 1 aliphatic rings. The summed E-state index contributed by atoms with van der Waals surface area (Å²) in [6.45, 7) is 0.596. The van der Waals surface area contributed by atoms with Gasteiger partial charge in [0.15, 0.2) is 11.6 Å². The van der Waals surface area contributed by atoms with Gasteiger partial charge in [0.05, 0.1) is 12.7 Å². The number of hydrogen-bond donors (Lipinski definition) is 2. The van der Waals surface area contributed by atoms with E-state index < -0.39 is 23.6 Å². The molecule has 0 aliphatic carbocycles. The highest BCUT2D eigenvalue weighted by molar-refractivity contribution is 5.94. The van der Waals surface area contributed by atoms with Gasteiger partial charge in [0.2, 0.25) is 0 Å². The van der Waals surface area contributed by atoms with Crippen molar-refractivity contribution in [2.75, 3.05) is 13.2 Å². The Morgan fingerprint density at radius 2 is 2.04 bits per heavy atom. The van der Waals surface area contributed by atoms with Crippen LogP contribution in [-0.4, -0.2) is 24.2 Å². The number of aliphatic hydroxyl groups excluding tert-OH is 1. The predicted molar refractivity (Wildman–Crippen MR) is 79.3 cm³/mol. The fourth-order valence-corrected chi connectivity index (χ4v) is 2.46. The van der Waals surface area contributed by atoms with Crippen molar-refractivity contribution in [3.05, 3.63) is 64.7 Å². The van der Waals surface area contributed by atoms with Crippen molar-refractivity contribution >= 4 is 5.91 Å². The molecule has 1 unspecified atom stereocenters. The Kier molecular flexibility index (Phi) is 4.25. The van der Waals surface area contributed by atoms with E-state index in [1.54, 1.807) is 12.1 Å². The molecular weight excluding hydrogens is 304 g/mol. The van der Waals surface area contributed by atoms with Crippen LogP contribution < -0.4 is 10.1 Å². The number of nitrogens with one attached hydrogen (secondary N) is 1. The van der Waals surface area contributed by atoms with Gasteiger partial charge in [-0.25, -0.2) is 8.78 Å². The van der Waals surface area contributed by atoms with Crippen LogP contribution in [0.2, 0.25) is 0 Å². The number of fused-ring (bicyclic) bond motifs is 1. The molecule has 0 spiro atoms. The number of benzene rings is 2. The minimum atomic E-state index is -1.09. The largest absolute Gasteiger partial charge is 0.493 e. The number of amides is 1. The maximum absolute atomic E-state index is 13.1. The van der Waals surface area contributed by atoms with Crippen molar-refractivity contribution in [1.29, 1.82) is 0 Å². The smallest absolute Gasteiger partial charge is 0.251 e. The van der Waals surface area contributed by atoms with Crippen molar-refractivity contribution < 1.29 is 23.4 Å². The van der Waals surface area contributed by atoms with E-state index in [0.717, 1.165) is 29.9 Å². The van der Waals surface area contributed by atoms with Gasteiger partial charge in [-0.15, -0.1) is 0 Å².